The zero-order chi connectivity index (χ0) is 27.7. The molecule has 3 aromatic rings. The fourth-order valence-corrected chi connectivity index (χ4v) is 6.05. The van der Waals surface area contributed by atoms with Gasteiger partial charge in [-0.1, -0.05) is 36.4 Å². The summed E-state index contributed by atoms with van der Waals surface area (Å²) in [5.74, 6) is 2.17. The molecule has 2 aliphatic rings. The first kappa shape index (κ1) is 27.3. The topological polar surface area (TPSA) is 73.9 Å². The molecule has 2 aliphatic heterocycles. The maximum atomic E-state index is 11.8. The van der Waals surface area contributed by atoms with Crippen LogP contribution in [0.5, 0.6) is 17.2 Å². The normalized spacial score (nSPS) is 19.5. The number of fused-ring (bicyclic) bond motifs is 1. The number of hydrogen-bond donors (Lipinski definition) is 1. The number of nitrogens with one attached hydrogen (secondary N) is 1. The van der Waals surface area contributed by atoms with E-state index in [0.717, 1.165) is 68.4 Å². The second-order valence-electron chi connectivity index (χ2n) is 10.2. The number of amides is 2. The third kappa shape index (κ3) is 5.87. The Kier molecular flexibility index (Phi) is 7.78. The Bertz CT molecular complexity index is 1490. The molecule has 1 atom stereocenters. The van der Waals surface area contributed by atoms with Crippen LogP contribution in [0.2, 0.25) is 0 Å². The number of hydrogen-bond acceptors (Lipinski definition) is 6. The van der Waals surface area contributed by atoms with Crippen molar-refractivity contribution in [3.05, 3.63) is 91.3 Å². The van der Waals surface area contributed by atoms with E-state index in [1.807, 2.05) is 36.4 Å². The number of halogens is 1. The second-order valence-corrected chi connectivity index (χ2v) is 12.0. The predicted octanol–water partition coefficient (Wildman–Crippen LogP) is 7.44. The lowest BCUT2D eigenvalue weighted by Crippen LogP contribution is -2.42. The van der Waals surface area contributed by atoms with Gasteiger partial charge >= 0.3 is 0 Å². The van der Waals surface area contributed by atoms with Crippen LogP contribution < -0.4 is 19.5 Å². The summed E-state index contributed by atoms with van der Waals surface area (Å²) in [5.41, 5.74) is 5.96. The van der Waals surface area contributed by atoms with Gasteiger partial charge in [0.15, 0.2) is 0 Å². The Morgan fingerprint density at radius 1 is 1.05 bits per heavy atom. The van der Waals surface area contributed by atoms with Crippen LogP contribution in [0.25, 0.3) is 6.08 Å². The monoisotopic (exact) mass is 607 g/mol. The van der Waals surface area contributed by atoms with Gasteiger partial charge in [-0.2, -0.15) is 0 Å². The summed E-state index contributed by atoms with van der Waals surface area (Å²) in [5, 5.41) is 1.91. The van der Waals surface area contributed by atoms with Gasteiger partial charge in [0, 0.05) is 5.56 Å². The number of benzene rings is 3. The fraction of sp³-hybridized carbons (Fsp3) is 0.290. The summed E-state index contributed by atoms with van der Waals surface area (Å²) >= 11 is 4.48. The molecule has 0 bridgehead atoms. The van der Waals surface area contributed by atoms with Gasteiger partial charge < -0.3 is 14.2 Å². The second kappa shape index (κ2) is 11.1. The Labute approximate surface area is 241 Å². The van der Waals surface area contributed by atoms with Crippen LogP contribution in [0.3, 0.4) is 0 Å². The van der Waals surface area contributed by atoms with E-state index in [2.05, 4.69) is 61.1 Å². The maximum Gasteiger partial charge on any atom is 0.290 e. The fourth-order valence-electron chi connectivity index (χ4n) is 4.86. The highest BCUT2D eigenvalue weighted by atomic mass is 79.9. The van der Waals surface area contributed by atoms with Gasteiger partial charge in [-0.05, 0) is 114 Å². The third-order valence-electron chi connectivity index (χ3n) is 7.22. The highest BCUT2D eigenvalue weighted by Gasteiger charge is 2.36. The van der Waals surface area contributed by atoms with E-state index in [1.54, 1.807) is 6.08 Å². The Morgan fingerprint density at radius 2 is 1.82 bits per heavy atom. The van der Waals surface area contributed by atoms with Gasteiger partial charge in [-0.15, -0.1) is 0 Å². The van der Waals surface area contributed by atoms with Crippen molar-refractivity contribution >= 4 is 44.9 Å². The molecule has 0 saturated carbocycles. The molecule has 2 heterocycles. The number of carbonyl (C=O) groups excluding carboxylic acids is 2. The van der Waals surface area contributed by atoms with E-state index < -0.39 is 5.60 Å². The minimum absolute atomic E-state index is 0.357. The molecule has 2 amide bonds. The molecule has 202 valence electrons. The summed E-state index contributed by atoms with van der Waals surface area (Å²) in [6.45, 7) is 9.29. The molecule has 1 N–H and O–H groups in total. The summed E-state index contributed by atoms with van der Waals surface area (Å²) in [7, 11) is 0. The zero-order valence-electron chi connectivity index (χ0n) is 22.4. The molecular formula is C31H30BrNO5S. The molecule has 6 nitrogen and oxygen atoms in total. The first-order chi connectivity index (χ1) is 18.6. The van der Waals surface area contributed by atoms with E-state index in [9.17, 15) is 9.59 Å². The van der Waals surface area contributed by atoms with Crippen LogP contribution in [0.15, 0.2) is 57.9 Å². The van der Waals surface area contributed by atoms with Gasteiger partial charge in [0.05, 0.1) is 9.38 Å². The van der Waals surface area contributed by atoms with Crippen molar-refractivity contribution in [1.82, 2.24) is 5.32 Å². The number of carbonyl (C=O) groups is 2. The van der Waals surface area contributed by atoms with E-state index in [0.29, 0.717) is 23.9 Å². The minimum atomic E-state index is -0.498. The van der Waals surface area contributed by atoms with Crippen molar-refractivity contribution in [2.75, 3.05) is 6.61 Å². The SMILES string of the molecule is Cc1c(C)c2c(c(C)c1OCc1ccccc1)CCC(C)(COc1ccc(/C=C3\SC(=O)NC3=O)cc1Br)O2. The molecule has 0 aromatic heterocycles. The smallest absolute Gasteiger partial charge is 0.290 e. The quantitative estimate of drug-likeness (QED) is 0.281. The van der Waals surface area contributed by atoms with E-state index in [4.69, 9.17) is 14.2 Å². The average Bonchev–Trinajstić information content (AvgIpc) is 3.23. The van der Waals surface area contributed by atoms with Crippen molar-refractivity contribution in [1.29, 1.82) is 0 Å². The summed E-state index contributed by atoms with van der Waals surface area (Å²) in [6.07, 6.45) is 3.37. The van der Waals surface area contributed by atoms with Crippen molar-refractivity contribution < 1.29 is 23.8 Å². The standard InChI is InChI=1S/C31H30BrNO5S/c1-18-19(2)28-23(20(3)27(18)36-16-21-8-6-5-7-9-21)12-13-31(4,38-28)17-37-25-11-10-22(14-24(25)32)15-26-29(34)33-30(35)39-26/h5-11,14-15H,12-13,16-17H2,1-4H3,(H,33,34,35)/b26-15-. The summed E-state index contributed by atoms with van der Waals surface area (Å²) in [6, 6.07) is 15.8. The van der Waals surface area contributed by atoms with Gasteiger partial charge in [0.1, 0.15) is 36.1 Å². The van der Waals surface area contributed by atoms with Crippen LogP contribution >= 0.6 is 27.7 Å². The first-order valence-electron chi connectivity index (χ1n) is 12.8. The lowest BCUT2D eigenvalue weighted by molar-refractivity contribution is -0.115. The molecule has 1 fully saturated rings. The molecule has 5 rings (SSSR count). The maximum absolute atomic E-state index is 11.8. The summed E-state index contributed by atoms with van der Waals surface area (Å²) in [4.78, 5) is 23.6. The Hall–Kier alpha value is -3.23. The zero-order valence-corrected chi connectivity index (χ0v) is 24.8. The van der Waals surface area contributed by atoms with Crippen molar-refractivity contribution in [2.24, 2.45) is 0 Å². The van der Waals surface area contributed by atoms with E-state index >= 15 is 0 Å². The Morgan fingerprint density at radius 3 is 2.51 bits per heavy atom. The molecule has 0 aliphatic carbocycles. The summed E-state index contributed by atoms with van der Waals surface area (Å²) < 4.78 is 19.9. The lowest BCUT2D eigenvalue weighted by atomic mass is 9.87. The van der Waals surface area contributed by atoms with Crippen LogP contribution in [-0.2, 0) is 17.8 Å². The van der Waals surface area contributed by atoms with Gasteiger partial charge in [0.25, 0.3) is 11.1 Å². The van der Waals surface area contributed by atoms with Crippen LogP contribution in [0.1, 0.15) is 46.7 Å². The molecule has 0 spiro atoms. The largest absolute Gasteiger partial charge is 0.488 e. The number of rotatable bonds is 7. The molecule has 39 heavy (non-hydrogen) atoms. The molecular weight excluding hydrogens is 578 g/mol. The van der Waals surface area contributed by atoms with Gasteiger partial charge in [-0.25, -0.2) is 0 Å². The lowest BCUT2D eigenvalue weighted by Gasteiger charge is -2.38. The van der Waals surface area contributed by atoms with Crippen molar-refractivity contribution in [3.63, 3.8) is 0 Å². The molecule has 8 heteroatoms. The van der Waals surface area contributed by atoms with Crippen LogP contribution in [0, 0.1) is 20.8 Å². The Balaban J connectivity index is 1.29. The highest BCUT2D eigenvalue weighted by molar-refractivity contribution is 9.10. The molecule has 0 radical (unpaired) electrons. The number of ether oxygens (including phenoxy) is 3. The van der Waals surface area contributed by atoms with Crippen molar-refractivity contribution in [2.45, 2.75) is 52.7 Å². The van der Waals surface area contributed by atoms with Crippen LogP contribution in [0.4, 0.5) is 4.79 Å². The minimum Gasteiger partial charge on any atom is -0.488 e. The van der Waals surface area contributed by atoms with Crippen molar-refractivity contribution in [3.8, 4) is 17.2 Å². The van der Waals surface area contributed by atoms with Crippen LogP contribution in [-0.4, -0.2) is 23.4 Å². The predicted molar refractivity (Wildman–Crippen MR) is 158 cm³/mol. The first-order valence-corrected chi connectivity index (χ1v) is 14.4. The molecule has 1 unspecified atom stereocenters. The average molecular weight is 609 g/mol. The molecule has 3 aromatic carbocycles. The van der Waals surface area contributed by atoms with Gasteiger partial charge in [0.2, 0.25) is 0 Å². The molecule has 1 saturated heterocycles. The third-order valence-corrected chi connectivity index (χ3v) is 8.65. The van der Waals surface area contributed by atoms with E-state index in [1.165, 1.54) is 5.56 Å². The number of thioether (sulfide) groups is 1. The van der Waals surface area contributed by atoms with Gasteiger partial charge in [-0.3, -0.25) is 14.9 Å². The number of imide groups is 1. The highest BCUT2D eigenvalue weighted by Crippen LogP contribution is 2.44. The van der Waals surface area contributed by atoms with E-state index in [-0.39, 0.29) is 11.1 Å².